The second-order valence-corrected chi connectivity index (χ2v) is 11.9. The average molecular weight is 522 g/mol. The number of benzene rings is 1. The minimum absolute atomic E-state index is 0.144. The molecule has 10 heteroatoms. The Bertz CT molecular complexity index is 1070. The summed E-state index contributed by atoms with van der Waals surface area (Å²) in [6, 6.07) is 12.3. The summed E-state index contributed by atoms with van der Waals surface area (Å²) in [7, 11) is 0. The van der Waals surface area contributed by atoms with Crippen LogP contribution in [0.5, 0.6) is 0 Å². The smallest absolute Gasteiger partial charge is 0.338 e. The van der Waals surface area contributed by atoms with Gasteiger partial charge >= 0.3 is 11.0 Å². The Morgan fingerprint density at radius 2 is 1.88 bits per heavy atom. The van der Waals surface area contributed by atoms with Crippen molar-refractivity contribution in [3.63, 3.8) is 0 Å². The second-order valence-electron chi connectivity index (χ2n) is 6.00. The van der Waals surface area contributed by atoms with Gasteiger partial charge in [-0.1, -0.05) is 71.3 Å². The molecule has 2 aromatic rings. The molecule has 2 heterocycles. The largest absolute Gasteiger partial charge is 0.461 e. The molecular weight excluding hydrogens is 503 g/mol. The maximum atomic E-state index is 12.0. The van der Waals surface area contributed by atoms with Gasteiger partial charge in [0.25, 0.3) is 0 Å². The highest BCUT2D eigenvalue weighted by Gasteiger charge is 2.20. The summed E-state index contributed by atoms with van der Waals surface area (Å²) >= 11 is 8.00. The molecule has 166 valence electrons. The van der Waals surface area contributed by atoms with Crippen molar-refractivity contribution >= 4 is 75.4 Å². The van der Waals surface area contributed by atoms with Gasteiger partial charge in [0, 0.05) is 16.7 Å². The lowest BCUT2D eigenvalue weighted by molar-refractivity contribution is -0.380. The number of nitrogens with zero attached hydrogens (tertiary/aromatic N) is 1. The van der Waals surface area contributed by atoms with E-state index in [9.17, 15) is 14.9 Å². The number of rotatable bonds is 10. The van der Waals surface area contributed by atoms with Crippen LogP contribution in [0, 0.1) is 10.1 Å². The second kappa shape index (κ2) is 13.0. The monoisotopic (exact) mass is 521 g/mol. The van der Waals surface area contributed by atoms with Gasteiger partial charge in [-0.2, -0.15) is 0 Å². The molecule has 32 heavy (non-hydrogen) atoms. The number of ether oxygens (including phenoxy) is 1. The van der Waals surface area contributed by atoms with E-state index >= 15 is 0 Å². The van der Waals surface area contributed by atoms with Gasteiger partial charge in [0.05, 0.1) is 23.2 Å². The molecule has 0 amide bonds. The van der Waals surface area contributed by atoms with E-state index in [2.05, 4.69) is 12.3 Å². The summed E-state index contributed by atoms with van der Waals surface area (Å²) < 4.78 is 8.99. The number of carbonyl (C=O) groups excluding carboxylic acids is 1. The first-order valence-corrected chi connectivity index (χ1v) is 14.0. The number of hydrogen-bond acceptors (Lipinski definition) is 9. The van der Waals surface area contributed by atoms with Gasteiger partial charge < -0.3 is 4.74 Å². The van der Waals surface area contributed by atoms with Crippen molar-refractivity contribution in [1.82, 2.24) is 0 Å². The molecule has 0 N–H and O–H groups in total. The molecule has 3 rings (SSSR count). The Morgan fingerprint density at radius 1 is 1.09 bits per heavy atom. The summed E-state index contributed by atoms with van der Waals surface area (Å²) in [5.74, 6) is 0.402. The minimum atomic E-state index is -0.379. The maximum absolute atomic E-state index is 12.0. The highest BCUT2D eigenvalue weighted by molar-refractivity contribution is 8.40. The fourth-order valence-electron chi connectivity index (χ4n) is 2.37. The van der Waals surface area contributed by atoms with Crippen LogP contribution in [0.1, 0.15) is 15.2 Å². The van der Waals surface area contributed by atoms with Crippen LogP contribution in [0.3, 0.4) is 0 Å². The molecule has 1 aromatic heterocycles. The van der Waals surface area contributed by atoms with Gasteiger partial charge in [0.15, 0.2) is 0 Å². The molecule has 1 aliphatic heterocycles. The van der Waals surface area contributed by atoms with E-state index in [0.29, 0.717) is 17.9 Å². The third-order valence-corrected chi connectivity index (χ3v) is 10.0. The van der Waals surface area contributed by atoms with Crippen molar-refractivity contribution in [2.45, 2.75) is 0 Å². The molecule has 1 aliphatic rings. The topological polar surface area (TPSA) is 69.4 Å². The Kier molecular flexibility index (Phi) is 10.1. The average Bonchev–Trinajstić information content (AvgIpc) is 3.44. The van der Waals surface area contributed by atoms with E-state index in [0.717, 1.165) is 16.2 Å². The number of allylic oxidation sites excluding steroid dienone is 4. The Morgan fingerprint density at radius 3 is 2.59 bits per heavy atom. The molecular formula is C22H19NO4S5. The van der Waals surface area contributed by atoms with Crippen LogP contribution in [-0.2, 0) is 4.74 Å². The summed E-state index contributed by atoms with van der Waals surface area (Å²) in [5, 5.41) is 10.9. The van der Waals surface area contributed by atoms with Crippen molar-refractivity contribution in [1.29, 1.82) is 0 Å². The Balaban J connectivity index is 1.43. The highest BCUT2D eigenvalue weighted by atomic mass is 32.3. The molecule has 0 bridgehead atoms. The first-order chi connectivity index (χ1) is 15.6. The number of thiophene rings is 1. The molecule has 0 saturated heterocycles. The minimum Gasteiger partial charge on any atom is -0.461 e. The van der Waals surface area contributed by atoms with E-state index in [1.807, 2.05) is 42.5 Å². The SMILES string of the molecule is CSC1=C(SCCOC(=O)c2ccccc2)S\C(=C/C=C/C=C/c2ccc([N+](=O)[O-])s2)S1. The van der Waals surface area contributed by atoms with Crippen molar-refractivity contribution < 1.29 is 14.5 Å². The molecule has 5 nitrogen and oxygen atoms in total. The van der Waals surface area contributed by atoms with Gasteiger partial charge in [-0.3, -0.25) is 10.1 Å². The number of hydrogen-bond donors (Lipinski definition) is 0. The molecule has 0 saturated carbocycles. The van der Waals surface area contributed by atoms with Gasteiger partial charge in [-0.25, -0.2) is 4.79 Å². The first kappa shape index (κ1) is 24.8. The summed E-state index contributed by atoms with van der Waals surface area (Å²) in [6.45, 7) is 0.361. The van der Waals surface area contributed by atoms with E-state index in [4.69, 9.17) is 4.74 Å². The summed E-state index contributed by atoms with van der Waals surface area (Å²) in [6.07, 6.45) is 11.7. The van der Waals surface area contributed by atoms with E-state index in [1.54, 1.807) is 65.2 Å². The van der Waals surface area contributed by atoms with E-state index < -0.39 is 0 Å². The Hall–Kier alpha value is -1.85. The van der Waals surface area contributed by atoms with Crippen LogP contribution in [0.2, 0.25) is 0 Å². The predicted molar refractivity (Wildman–Crippen MR) is 142 cm³/mol. The van der Waals surface area contributed by atoms with Crippen molar-refractivity contribution in [2.24, 2.45) is 0 Å². The lowest BCUT2D eigenvalue weighted by Gasteiger charge is -2.05. The Labute approximate surface area is 207 Å². The predicted octanol–water partition coefficient (Wildman–Crippen LogP) is 7.63. The number of thioether (sulfide) groups is 4. The van der Waals surface area contributed by atoms with Crippen LogP contribution in [-0.4, -0.2) is 29.5 Å². The van der Waals surface area contributed by atoms with Crippen LogP contribution in [0.15, 0.2) is 79.5 Å². The van der Waals surface area contributed by atoms with Gasteiger partial charge in [-0.05, 0) is 36.6 Å². The van der Waals surface area contributed by atoms with Gasteiger partial charge in [0.1, 0.15) is 6.61 Å². The summed E-state index contributed by atoms with van der Waals surface area (Å²) in [4.78, 5) is 23.2. The molecule has 0 fully saturated rings. The molecule has 0 radical (unpaired) electrons. The molecule has 0 spiro atoms. The molecule has 0 unspecified atom stereocenters. The third kappa shape index (κ3) is 7.63. The highest BCUT2D eigenvalue weighted by Crippen LogP contribution is 2.56. The molecule has 0 atom stereocenters. The lowest BCUT2D eigenvalue weighted by Crippen LogP contribution is -2.07. The zero-order valence-electron chi connectivity index (χ0n) is 17.0. The third-order valence-electron chi connectivity index (χ3n) is 3.81. The maximum Gasteiger partial charge on any atom is 0.338 e. The normalized spacial score (nSPS) is 15.3. The van der Waals surface area contributed by atoms with Crippen LogP contribution < -0.4 is 0 Å². The van der Waals surface area contributed by atoms with Gasteiger partial charge in [-0.15, -0.1) is 23.5 Å². The fraction of sp³-hybridized carbons (Fsp3) is 0.136. The van der Waals surface area contributed by atoms with Gasteiger partial charge in [0.2, 0.25) is 0 Å². The van der Waals surface area contributed by atoms with E-state index in [1.165, 1.54) is 18.8 Å². The number of carbonyl (C=O) groups is 1. The van der Waals surface area contributed by atoms with E-state index in [-0.39, 0.29) is 15.9 Å². The fourth-order valence-corrected chi connectivity index (χ4v) is 8.26. The number of esters is 1. The number of nitro groups is 1. The lowest BCUT2D eigenvalue weighted by atomic mass is 10.2. The zero-order valence-corrected chi connectivity index (χ0v) is 21.0. The van der Waals surface area contributed by atoms with Crippen molar-refractivity contribution in [2.75, 3.05) is 18.6 Å². The molecule has 0 aliphatic carbocycles. The molecule has 1 aromatic carbocycles. The zero-order chi connectivity index (χ0) is 22.8. The van der Waals surface area contributed by atoms with Crippen molar-refractivity contribution in [3.05, 3.63) is 100 Å². The van der Waals surface area contributed by atoms with Crippen LogP contribution in [0.25, 0.3) is 6.08 Å². The standard InChI is InChI=1S/C22H19NO4S5/c1-28-21-22(29-15-14-27-20(24)16-8-4-2-5-9-16)32-19(31-21)11-7-3-6-10-17-12-13-18(30-17)23(25)26/h2-13H,14-15H2,1H3/b7-3+,10-6+,19-11-. The van der Waals surface area contributed by atoms with Crippen LogP contribution >= 0.6 is 58.4 Å². The first-order valence-electron chi connectivity index (χ1n) is 9.35. The van der Waals surface area contributed by atoms with Crippen molar-refractivity contribution in [3.8, 4) is 0 Å². The quantitative estimate of drug-likeness (QED) is 0.104. The summed E-state index contributed by atoms with van der Waals surface area (Å²) in [5.41, 5.74) is 0.565. The van der Waals surface area contributed by atoms with Crippen LogP contribution in [0.4, 0.5) is 5.00 Å².